The van der Waals surface area contributed by atoms with Crippen LogP contribution in [0.3, 0.4) is 0 Å². The van der Waals surface area contributed by atoms with Gasteiger partial charge in [0.05, 0.1) is 5.75 Å². The van der Waals surface area contributed by atoms with Gasteiger partial charge in [0.15, 0.2) is 11.0 Å². The second-order valence-corrected chi connectivity index (χ2v) is 6.39. The fraction of sp³-hybridized carbons (Fsp3) is 0.294. The van der Waals surface area contributed by atoms with Crippen LogP contribution in [-0.2, 0) is 11.3 Å². The monoisotopic (exact) mass is 357 g/mol. The number of rotatable bonds is 6. The number of aromatic nitrogens is 4. The molecule has 0 atom stereocenters. The predicted molar refractivity (Wildman–Crippen MR) is 95.9 cm³/mol. The maximum absolute atomic E-state index is 12.1. The van der Waals surface area contributed by atoms with E-state index in [4.69, 9.17) is 0 Å². The number of carbonyl (C=O) groups excluding carboxylic acids is 1. The van der Waals surface area contributed by atoms with E-state index in [9.17, 15) is 9.90 Å². The normalized spacial score (nSPS) is 13.6. The van der Waals surface area contributed by atoms with Gasteiger partial charge in [-0.1, -0.05) is 23.9 Å². The highest BCUT2D eigenvalue weighted by atomic mass is 32.2. The third-order valence-corrected chi connectivity index (χ3v) is 4.65. The number of hydrogen-bond donors (Lipinski definition) is 2. The minimum atomic E-state index is -0.0634. The Hall–Kier alpha value is -2.61. The Kier molecular flexibility index (Phi) is 5.49. The van der Waals surface area contributed by atoms with Crippen LogP contribution in [0.15, 0.2) is 47.4 Å². The van der Waals surface area contributed by atoms with Crippen molar-refractivity contribution in [2.45, 2.75) is 31.5 Å². The SMILES string of the molecule is CCn1c(SCC(=O)NC2=CC=CCC2)nnc1-c1ccnc(O)c1. The molecule has 0 radical (unpaired) electrons. The summed E-state index contributed by atoms with van der Waals surface area (Å²) in [4.78, 5) is 15.9. The Labute approximate surface area is 149 Å². The highest BCUT2D eigenvalue weighted by molar-refractivity contribution is 7.99. The number of hydrogen-bond acceptors (Lipinski definition) is 6. The molecule has 130 valence electrons. The molecule has 0 unspecified atom stereocenters. The van der Waals surface area contributed by atoms with Crippen molar-refractivity contribution in [3.8, 4) is 17.3 Å². The first-order valence-corrected chi connectivity index (χ1v) is 9.03. The van der Waals surface area contributed by atoms with Gasteiger partial charge < -0.3 is 15.0 Å². The molecule has 8 heteroatoms. The van der Waals surface area contributed by atoms with Crippen LogP contribution in [0.4, 0.5) is 0 Å². The smallest absolute Gasteiger partial charge is 0.234 e. The van der Waals surface area contributed by atoms with E-state index < -0.39 is 0 Å². The largest absolute Gasteiger partial charge is 0.493 e. The van der Waals surface area contributed by atoms with Crippen LogP contribution in [0.25, 0.3) is 11.4 Å². The molecule has 0 saturated carbocycles. The molecule has 0 bridgehead atoms. The van der Waals surface area contributed by atoms with Crippen LogP contribution in [0.2, 0.25) is 0 Å². The molecular formula is C17H19N5O2S. The van der Waals surface area contributed by atoms with E-state index in [-0.39, 0.29) is 17.5 Å². The van der Waals surface area contributed by atoms with Gasteiger partial charge >= 0.3 is 0 Å². The summed E-state index contributed by atoms with van der Waals surface area (Å²) in [7, 11) is 0. The van der Waals surface area contributed by atoms with Gasteiger partial charge in [0.1, 0.15) is 0 Å². The van der Waals surface area contributed by atoms with Gasteiger partial charge in [0.25, 0.3) is 0 Å². The van der Waals surface area contributed by atoms with E-state index >= 15 is 0 Å². The van der Waals surface area contributed by atoms with Crippen molar-refractivity contribution >= 4 is 17.7 Å². The summed E-state index contributed by atoms with van der Waals surface area (Å²) in [6.07, 6.45) is 9.28. The lowest BCUT2D eigenvalue weighted by Gasteiger charge is -2.11. The second-order valence-electron chi connectivity index (χ2n) is 5.45. The first kappa shape index (κ1) is 17.2. The Morgan fingerprint density at radius 1 is 1.44 bits per heavy atom. The summed E-state index contributed by atoms with van der Waals surface area (Å²) in [5, 5.41) is 21.5. The van der Waals surface area contributed by atoms with Crippen molar-refractivity contribution in [2.75, 3.05) is 5.75 Å². The summed E-state index contributed by atoms with van der Waals surface area (Å²) in [6, 6.07) is 3.31. The zero-order chi connectivity index (χ0) is 17.6. The van der Waals surface area contributed by atoms with Gasteiger partial charge in [0, 0.05) is 30.1 Å². The molecule has 0 spiro atoms. The highest BCUT2D eigenvalue weighted by Gasteiger charge is 2.15. The molecule has 2 N–H and O–H groups in total. The molecule has 0 aromatic carbocycles. The average Bonchev–Trinajstić information content (AvgIpc) is 3.04. The fourth-order valence-corrected chi connectivity index (χ4v) is 3.31. The topological polar surface area (TPSA) is 92.9 Å². The number of pyridine rings is 1. The average molecular weight is 357 g/mol. The molecule has 2 aromatic rings. The van der Waals surface area contributed by atoms with E-state index in [1.807, 2.05) is 23.6 Å². The third-order valence-electron chi connectivity index (χ3n) is 3.68. The zero-order valence-corrected chi connectivity index (χ0v) is 14.7. The van der Waals surface area contributed by atoms with Crippen molar-refractivity contribution < 1.29 is 9.90 Å². The minimum absolute atomic E-state index is 0.0553. The summed E-state index contributed by atoms with van der Waals surface area (Å²) in [6.45, 7) is 2.64. The van der Waals surface area contributed by atoms with Crippen molar-refractivity contribution in [1.82, 2.24) is 25.1 Å². The van der Waals surface area contributed by atoms with Gasteiger partial charge in [-0.15, -0.1) is 10.2 Å². The maximum Gasteiger partial charge on any atom is 0.234 e. The number of aromatic hydroxyl groups is 1. The van der Waals surface area contributed by atoms with Gasteiger partial charge in [0.2, 0.25) is 11.8 Å². The predicted octanol–water partition coefficient (Wildman–Crippen LogP) is 2.51. The van der Waals surface area contributed by atoms with Crippen LogP contribution in [0.1, 0.15) is 19.8 Å². The Bertz CT molecular complexity index is 828. The standard InChI is InChI=1S/C17H19N5O2S/c1-2-22-16(12-8-9-18-14(23)10-12)20-21-17(22)25-11-15(24)19-13-6-4-3-5-7-13/h3-4,6,8-10H,2,5,7,11H2,1H3,(H,18,23)(H,19,24). The first-order chi connectivity index (χ1) is 12.2. The fourth-order valence-electron chi connectivity index (χ4n) is 2.50. The number of amides is 1. The van der Waals surface area contributed by atoms with Gasteiger partial charge in [-0.25, -0.2) is 4.98 Å². The van der Waals surface area contributed by atoms with Crippen LogP contribution >= 0.6 is 11.8 Å². The summed E-state index contributed by atoms with van der Waals surface area (Å²) >= 11 is 1.34. The molecular weight excluding hydrogens is 338 g/mol. The zero-order valence-electron chi connectivity index (χ0n) is 13.8. The van der Waals surface area contributed by atoms with Gasteiger partial charge in [-0.3, -0.25) is 4.79 Å². The van der Waals surface area contributed by atoms with Crippen LogP contribution in [0, 0.1) is 0 Å². The lowest BCUT2D eigenvalue weighted by Crippen LogP contribution is -2.25. The van der Waals surface area contributed by atoms with Gasteiger partial charge in [-0.2, -0.15) is 0 Å². The maximum atomic E-state index is 12.1. The molecule has 1 aliphatic carbocycles. The summed E-state index contributed by atoms with van der Waals surface area (Å²) in [5.74, 6) is 0.788. The highest BCUT2D eigenvalue weighted by Crippen LogP contribution is 2.25. The second kappa shape index (κ2) is 7.98. The molecule has 1 aliphatic rings. The Morgan fingerprint density at radius 3 is 3.04 bits per heavy atom. The van der Waals surface area contributed by atoms with Crippen molar-refractivity contribution in [1.29, 1.82) is 0 Å². The minimum Gasteiger partial charge on any atom is -0.493 e. The molecule has 0 fully saturated rings. The summed E-state index contributed by atoms with van der Waals surface area (Å²) in [5.41, 5.74) is 1.68. The third kappa shape index (κ3) is 4.27. The molecule has 3 rings (SSSR count). The Morgan fingerprint density at radius 2 is 2.32 bits per heavy atom. The van der Waals surface area contributed by atoms with E-state index in [2.05, 4.69) is 26.6 Å². The van der Waals surface area contributed by atoms with Crippen molar-refractivity contribution in [3.05, 3.63) is 42.3 Å². The molecule has 1 amide bonds. The number of thioether (sulfide) groups is 1. The quantitative estimate of drug-likeness (QED) is 0.772. The van der Waals surface area contributed by atoms with E-state index in [0.717, 1.165) is 24.1 Å². The number of allylic oxidation sites excluding steroid dienone is 4. The molecule has 2 aromatic heterocycles. The first-order valence-electron chi connectivity index (χ1n) is 8.04. The lowest BCUT2D eigenvalue weighted by atomic mass is 10.1. The molecule has 2 heterocycles. The summed E-state index contributed by atoms with van der Waals surface area (Å²) < 4.78 is 1.91. The van der Waals surface area contributed by atoms with E-state index in [0.29, 0.717) is 17.5 Å². The van der Waals surface area contributed by atoms with Crippen LogP contribution in [0.5, 0.6) is 5.88 Å². The number of nitrogens with one attached hydrogen (secondary N) is 1. The number of nitrogens with zero attached hydrogens (tertiary/aromatic N) is 4. The molecule has 0 saturated heterocycles. The van der Waals surface area contributed by atoms with Crippen molar-refractivity contribution in [3.63, 3.8) is 0 Å². The van der Waals surface area contributed by atoms with E-state index in [1.165, 1.54) is 18.0 Å². The molecule has 25 heavy (non-hydrogen) atoms. The van der Waals surface area contributed by atoms with E-state index in [1.54, 1.807) is 12.1 Å². The van der Waals surface area contributed by atoms with Crippen molar-refractivity contribution in [2.24, 2.45) is 0 Å². The lowest BCUT2D eigenvalue weighted by molar-refractivity contribution is -0.117. The molecule has 7 nitrogen and oxygen atoms in total. The van der Waals surface area contributed by atoms with Crippen LogP contribution in [-0.4, -0.2) is 36.5 Å². The Balaban J connectivity index is 1.68. The molecule has 0 aliphatic heterocycles. The van der Waals surface area contributed by atoms with Crippen LogP contribution < -0.4 is 5.32 Å². The number of carbonyl (C=O) groups is 1. The van der Waals surface area contributed by atoms with Gasteiger partial charge in [-0.05, 0) is 31.9 Å².